The first-order valence-electron chi connectivity index (χ1n) is 12.1. The van der Waals surface area contributed by atoms with Gasteiger partial charge in [-0.2, -0.15) is 0 Å². The highest BCUT2D eigenvalue weighted by Crippen LogP contribution is 2.31. The van der Waals surface area contributed by atoms with E-state index in [-0.39, 0.29) is 17.9 Å². The molecule has 4 rings (SSSR count). The average molecular weight is 451 g/mol. The molecule has 176 valence electrons. The van der Waals surface area contributed by atoms with Crippen LogP contribution in [-0.2, 0) is 22.6 Å². The van der Waals surface area contributed by atoms with Gasteiger partial charge in [-0.25, -0.2) is 0 Å². The standard InChI is InChI=1S/C27H34N2O4/c1-20(27(31)28-23-10-6-3-7-11-23)29(19-22-8-4-2-5-9-22)26(30)15-13-21-12-14-24-25(18-21)33-17-16-32-24/h2,4-5,8-9,12,14,18,20,23H,3,6-7,10-11,13,15-17,19H2,1H3,(H,28,31)/t20-/m1/s1. The van der Waals surface area contributed by atoms with E-state index in [1.165, 1.54) is 6.42 Å². The summed E-state index contributed by atoms with van der Waals surface area (Å²) in [7, 11) is 0. The van der Waals surface area contributed by atoms with Gasteiger partial charge in [-0.3, -0.25) is 9.59 Å². The minimum atomic E-state index is -0.528. The molecule has 6 nitrogen and oxygen atoms in total. The number of carbonyl (C=O) groups excluding carboxylic acids is 2. The highest BCUT2D eigenvalue weighted by molar-refractivity contribution is 5.87. The Labute approximate surface area is 196 Å². The molecule has 2 aromatic rings. The van der Waals surface area contributed by atoms with Gasteiger partial charge in [0.15, 0.2) is 11.5 Å². The zero-order valence-electron chi connectivity index (χ0n) is 19.4. The summed E-state index contributed by atoms with van der Waals surface area (Å²) in [5.41, 5.74) is 2.04. The van der Waals surface area contributed by atoms with Crippen molar-refractivity contribution in [2.45, 2.75) is 70.5 Å². The number of fused-ring (bicyclic) bond motifs is 1. The van der Waals surface area contributed by atoms with Gasteiger partial charge in [0.1, 0.15) is 19.3 Å². The van der Waals surface area contributed by atoms with Crippen molar-refractivity contribution in [1.82, 2.24) is 10.2 Å². The summed E-state index contributed by atoms with van der Waals surface area (Å²) >= 11 is 0. The second-order valence-electron chi connectivity index (χ2n) is 9.00. The first-order valence-corrected chi connectivity index (χ1v) is 12.1. The van der Waals surface area contributed by atoms with E-state index in [9.17, 15) is 9.59 Å². The number of benzene rings is 2. The molecule has 1 aliphatic carbocycles. The van der Waals surface area contributed by atoms with E-state index in [2.05, 4.69) is 5.32 Å². The van der Waals surface area contributed by atoms with Crippen molar-refractivity contribution in [3.63, 3.8) is 0 Å². The number of nitrogens with zero attached hydrogens (tertiary/aromatic N) is 1. The lowest BCUT2D eigenvalue weighted by Crippen LogP contribution is -2.50. The first kappa shape index (κ1) is 23.1. The van der Waals surface area contributed by atoms with Crippen molar-refractivity contribution >= 4 is 11.8 Å². The number of ether oxygens (including phenoxy) is 2. The second kappa shape index (κ2) is 11.2. The number of carbonyl (C=O) groups is 2. The van der Waals surface area contributed by atoms with Crippen molar-refractivity contribution in [1.29, 1.82) is 0 Å². The molecular weight excluding hydrogens is 416 g/mol. The molecule has 0 unspecified atom stereocenters. The van der Waals surface area contributed by atoms with Crippen molar-refractivity contribution in [3.05, 3.63) is 59.7 Å². The number of hydrogen-bond acceptors (Lipinski definition) is 4. The second-order valence-corrected chi connectivity index (χ2v) is 9.00. The van der Waals surface area contributed by atoms with Gasteiger partial charge >= 0.3 is 0 Å². The maximum atomic E-state index is 13.3. The predicted octanol–water partition coefficient (Wildman–Crippen LogP) is 4.26. The molecule has 1 aliphatic heterocycles. The Morgan fingerprint density at radius 3 is 2.45 bits per heavy atom. The summed E-state index contributed by atoms with van der Waals surface area (Å²) in [5, 5.41) is 3.18. The van der Waals surface area contributed by atoms with Gasteiger partial charge in [0.25, 0.3) is 0 Å². The first-order chi connectivity index (χ1) is 16.1. The van der Waals surface area contributed by atoms with Crippen LogP contribution in [-0.4, -0.2) is 42.0 Å². The molecule has 6 heteroatoms. The molecule has 1 atom stereocenters. The Morgan fingerprint density at radius 1 is 0.970 bits per heavy atom. The summed E-state index contributed by atoms with van der Waals surface area (Å²) in [6.45, 7) is 3.34. The molecule has 2 aromatic carbocycles. The van der Waals surface area contributed by atoms with E-state index in [0.717, 1.165) is 48.3 Å². The van der Waals surface area contributed by atoms with Crippen LogP contribution in [0.2, 0.25) is 0 Å². The molecule has 2 amide bonds. The minimum Gasteiger partial charge on any atom is -0.486 e. The van der Waals surface area contributed by atoms with E-state index in [1.807, 2.05) is 55.5 Å². The fraction of sp³-hybridized carbons (Fsp3) is 0.481. The number of rotatable bonds is 8. The van der Waals surface area contributed by atoms with E-state index in [0.29, 0.717) is 32.6 Å². The van der Waals surface area contributed by atoms with Crippen molar-refractivity contribution < 1.29 is 19.1 Å². The van der Waals surface area contributed by atoms with Crippen LogP contribution in [0, 0.1) is 0 Å². The summed E-state index contributed by atoms with van der Waals surface area (Å²) < 4.78 is 11.3. The van der Waals surface area contributed by atoms with Crippen LogP contribution in [0.15, 0.2) is 48.5 Å². The number of hydrogen-bond donors (Lipinski definition) is 1. The van der Waals surface area contributed by atoms with Crippen LogP contribution >= 0.6 is 0 Å². The molecule has 33 heavy (non-hydrogen) atoms. The van der Waals surface area contributed by atoms with Crippen LogP contribution in [0.5, 0.6) is 11.5 Å². The fourth-order valence-corrected chi connectivity index (χ4v) is 4.57. The van der Waals surface area contributed by atoms with Crippen molar-refractivity contribution in [2.75, 3.05) is 13.2 Å². The molecule has 0 aromatic heterocycles. The molecule has 1 saturated carbocycles. The summed E-state index contributed by atoms with van der Waals surface area (Å²) in [5.74, 6) is 1.38. The molecule has 1 heterocycles. The molecular formula is C27H34N2O4. The maximum absolute atomic E-state index is 13.3. The van der Waals surface area contributed by atoms with E-state index < -0.39 is 6.04 Å². The third kappa shape index (κ3) is 6.28. The zero-order chi connectivity index (χ0) is 23.0. The lowest BCUT2D eigenvalue weighted by Gasteiger charge is -2.31. The Hall–Kier alpha value is -3.02. The molecule has 1 fully saturated rings. The number of aryl methyl sites for hydroxylation is 1. The zero-order valence-corrected chi connectivity index (χ0v) is 19.4. The number of amides is 2. The molecule has 0 bridgehead atoms. The fourth-order valence-electron chi connectivity index (χ4n) is 4.57. The van der Waals surface area contributed by atoms with Gasteiger partial charge in [0.2, 0.25) is 11.8 Å². The summed E-state index contributed by atoms with van der Waals surface area (Å²) in [4.78, 5) is 28.1. The lowest BCUT2D eigenvalue weighted by molar-refractivity contribution is -0.141. The summed E-state index contributed by atoms with van der Waals surface area (Å²) in [6, 6.07) is 15.4. The predicted molar refractivity (Wildman–Crippen MR) is 127 cm³/mol. The largest absolute Gasteiger partial charge is 0.486 e. The van der Waals surface area contributed by atoms with Crippen LogP contribution < -0.4 is 14.8 Å². The van der Waals surface area contributed by atoms with Gasteiger partial charge in [-0.1, -0.05) is 55.7 Å². The Kier molecular flexibility index (Phi) is 7.87. The third-order valence-corrected chi connectivity index (χ3v) is 6.55. The minimum absolute atomic E-state index is 0.0277. The van der Waals surface area contributed by atoms with Crippen LogP contribution in [0.3, 0.4) is 0 Å². The Morgan fingerprint density at radius 2 is 1.70 bits per heavy atom. The Balaban J connectivity index is 1.42. The molecule has 0 saturated heterocycles. The highest BCUT2D eigenvalue weighted by atomic mass is 16.6. The van der Waals surface area contributed by atoms with Crippen LogP contribution in [0.4, 0.5) is 0 Å². The molecule has 0 radical (unpaired) electrons. The van der Waals surface area contributed by atoms with Gasteiger partial charge in [0, 0.05) is 19.0 Å². The summed E-state index contributed by atoms with van der Waals surface area (Å²) in [6.07, 6.45) is 6.50. The smallest absolute Gasteiger partial charge is 0.242 e. The third-order valence-electron chi connectivity index (χ3n) is 6.55. The Bertz CT molecular complexity index is 940. The molecule has 0 spiro atoms. The molecule has 1 N–H and O–H groups in total. The lowest BCUT2D eigenvalue weighted by atomic mass is 9.95. The molecule has 2 aliphatic rings. The van der Waals surface area contributed by atoms with Crippen molar-refractivity contribution in [3.8, 4) is 11.5 Å². The monoisotopic (exact) mass is 450 g/mol. The maximum Gasteiger partial charge on any atom is 0.242 e. The SMILES string of the molecule is C[C@H](C(=O)NC1CCCCC1)N(Cc1ccccc1)C(=O)CCc1ccc2c(c1)OCCO2. The van der Waals surface area contributed by atoms with Gasteiger partial charge in [-0.05, 0) is 49.4 Å². The quantitative estimate of drug-likeness (QED) is 0.653. The van der Waals surface area contributed by atoms with Crippen molar-refractivity contribution in [2.24, 2.45) is 0 Å². The van der Waals surface area contributed by atoms with Crippen LogP contribution in [0.25, 0.3) is 0 Å². The van der Waals surface area contributed by atoms with E-state index in [1.54, 1.807) is 4.90 Å². The van der Waals surface area contributed by atoms with Gasteiger partial charge in [0.05, 0.1) is 0 Å². The normalized spacial score (nSPS) is 16.6. The van der Waals surface area contributed by atoms with Gasteiger partial charge < -0.3 is 19.7 Å². The van der Waals surface area contributed by atoms with E-state index in [4.69, 9.17) is 9.47 Å². The average Bonchev–Trinajstić information content (AvgIpc) is 2.86. The topological polar surface area (TPSA) is 67.9 Å². The van der Waals surface area contributed by atoms with Crippen LogP contribution in [0.1, 0.15) is 56.6 Å². The van der Waals surface area contributed by atoms with E-state index >= 15 is 0 Å². The number of nitrogens with one attached hydrogen (secondary N) is 1. The van der Waals surface area contributed by atoms with Gasteiger partial charge in [-0.15, -0.1) is 0 Å². The highest BCUT2D eigenvalue weighted by Gasteiger charge is 2.28.